The second kappa shape index (κ2) is 12.4. The van der Waals surface area contributed by atoms with Crippen LogP contribution in [0.4, 0.5) is 0 Å². The molecule has 1 aliphatic heterocycles. The summed E-state index contributed by atoms with van der Waals surface area (Å²) in [6.07, 6.45) is 7.13. The van der Waals surface area contributed by atoms with Gasteiger partial charge in [-0.15, -0.1) is 0 Å². The molecule has 5 rings (SSSR count). The summed E-state index contributed by atoms with van der Waals surface area (Å²) in [6, 6.07) is 10.6. The molecule has 0 amide bonds. The van der Waals surface area contributed by atoms with Crippen molar-refractivity contribution in [1.29, 1.82) is 5.26 Å². The molecule has 0 atom stereocenters. The van der Waals surface area contributed by atoms with E-state index in [0.717, 1.165) is 91.1 Å². The summed E-state index contributed by atoms with van der Waals surface area (Å²) in [5.41, 5.74) is 5.03. The number of benzene rings is 1. The number of fused-ring (bicyclic) bond motifs is 1. The van der Waals surface area contributed by atoms with E-state index < -0.39 is 0 Å². The quantitative estimate of drug-likeness (QED) is 0.438. The number of nitriles is 1. The number of rotatable bonds is 9. The Morgan fingerprint density at radius 2 is 1.86 bits per heavy atom. The van der Waals surface area contributed by atoms with Crippen LogP contribution in [0, 0.1) is 30.1 Å². The lowest BCUT2D eigenvalue weighted by molar-refractivity contribution is 0.169. The van der Waals surface area contributed by atoms with Crippen LogP contribution in [0.15, 0.2) is 28.8 Å². The standard InChI is InChI=1S/C27H34N4O2.C2H7N/c1-3-31-22(16-28)7-8-23(31)17-30-14-12-20(13-15-30)6-10-25-24-9-11-26(32-18-21-4-5-21)19(2)27(24)33-29-25;1-3-2/h7-9,11,20-21H,3-6,10,12-15,17-18H2,1-2H3;3H,1-2H3. The van der Waals surface area contributed by atoms with Crippen molar-refractivity contribution in [2.24, 2.45) is 11.8 Å². The molecule has 3 heterocycles. The first-order valence-corrected chi connectivity index (χ1v) is 13.5. The van der Waals surface area contributed by atoms with Crippen LogP contribution in [0.1, 0.15) is 61.7 Å². The van der Waals surface area contributed by atoms with E-state index in [2.05, 4.69) is 58.1 Å². The van der Waals surface area contributed by atoms with Crippen LogP contribution in [0.25, 0.3) is 11.0 Å². The van der Waals surface area contributed by atoms with Crippen LogP contribution in [-0.4, -0.2) is 48.4 Å². The molecule has 3 aromatic rings. The molecule has 2 aromatic heterocycles. The van der Waals surface area contributed by atoms with Crippen molar-refractivity contribution in [2.75, 3.05) is 33.8 Å². The number of aromatic nitrogens is 2. The van der Waals surface area contributed by atoms with E-state index in [1.165, 1.54) is 31.4 Å². The minimum absolute atomic E-state index is 0.725. The largest absolute Gasteiger partial charge is 0.493 e. The van der Waals surface area contributed by atoms with Crippen LogP contribution < -0.4 is 10.1 Å². The number of hydrogen-bond acceptors (Lipinski definition) is 6. The average molecular weight is 492 g/mol. The van der Waals surface area contributed by atoms with Gasteiger partial charge in [0.25, 0.3) is 0 Å². The topological polar surface area (TPSA) is 79.2 Å². The molecule has 1 N–H and O–H groups in total. The highest BCUT2D eigenvalue weighted by Gasteiger charge is 2.24. The molecule has 1 aromatic carbocycles. The Kier molecular flexibility index (Phi) is 9.06. The van der Waals surface area contributed by atoms with E-state index in [4.69, 9.17) is 9.26 Å². The summed E-state index contributed by atoms with van der Waals surface area (Å²) in [7, 11) is 3.75. The van der Waals surface area contributed by atoms with Gasteiger partial charge in [0.1, 0.15) is 17.5 Å². The van der Waals surface area contributed by atoms with Gasteiger partial charge in [-0.1, -0.05) is 5.16 Å². The molecule has 1 aliphatic carbocycles. The summed E-state index contributed by atoms with van der Waals surface area (Å²) < 4.78 is 13.9. The molecule has 36 heavy (non-hydrogen) atoms. The molecule has 7 nitrogen and oxygen atoms in total. The van der Waals surface area contributed by atoms with Gasteiger partial charge in [0.05, 0.1) is 12.3 Å². The molecule has 0 unspecified atom stereocenters. The highest BCUT2D eigenvalue weighted by molar-refractivity contribution is 5.84. The molecule has 0 radical (unpaired) electrons. The van der Waals surface area contributed by atoms with Crippen molar-refractivity contribution in [3.8, 4) is 11.8 Å². The van der Waals surface area contributed by atoms with E-state index in [0.29, 0.717) is 0 Å². The molecule has 1 saturated carbocycles. The van der Waals surface area contributed by atoms with Crippen molar-refractivity contribution in [1.82, 2.24) is 19.9 Å². The minimum atomic E-state index is 0.725. The third-order valence-corrected chi connectivity index (χ3v) is 7.47. The summed E-state index contributed by atoms with van der Waals surface area (Å²) in [5.74, 6) is 2.40. The molecule has 194 valence electrons. The van der Waals surface area contributed by atoms with Gasteiger partial charge in [-0.25, -0.2) is 0 Å². The maximum absolute atomic E-state index is 9.28. The van der Waals surface area contributed by atoms with Crippen LogP contribution in [0.3, 0.4) is 0 Å². The third kappa shape index (κ3) is 6.29. The zero-order valence-electron chi connectivity index (χ0n) is 22.3. The van der Waals surface area contributed by atoms with Crippen molar-refractivity contribution < 1.29 is 9.26 Å². The fourth-order valence-electron chi connectivity index (χ4n) is 5.12. The van der Waals surface area contributed by atoms with Crippen LogP contribution in [-0.2, 0) is 19.5 Å². The first-order valence-electron chi connectivity index (χ1n) is 13.5. The fraction of sp³-hybridized carbons (Fsp3) is 0.586. The smallest absolute Gasteiger partial charge is 0.173 e. The van der Waals surface area contributed by atoms with Crippen molar-refractivity contribution in [2.45, 2.75) is 65.5 Å². The van der Waals surface area contributed by atoms with Gasteiger partial charge in [-0.2, -0.15) is 5.26 Å². The van der Waals surface area contributed by atoms with Gasteiger partial charge in [0.2, 0.25) is 0 Å². The highest BCUT2D eigenvalue weighted by atomic mass is 16.5. The summed E-state index contributed by atoms with van der Waals surface area (Å²) in [4.78, 5) is 2.52. The summed E-state index contributed by atoms with van der Waals surface area (Å²) in [6.45, 7) is 9.00. The maximum atomic E-state index is 9.28. The first-order chi connectivity index (χ1) is 17.6. The molecule has 2 aliphatic rings. The predicted molar refractivity (Wildman–Crippen MR) is 143 cm³/mol. The van der Waals surface area contributed by atoms with Crippen molar-refractivity contribution in [3.05, 3.63) is 46.9 Å². The monoisotopic (exact) mass is 491 g/mol. The predicted octanol–water partition coefficient (Wildman–Crippen LogP) is 5.30. The zero-order chi connectivity index (χ0) is 25.5. The third-order valence-electron chi connectivity index (χ3n) is 7.47. The lowest BCUT2D eigenvalue weighted by Gasteiger charge is -2.32. The lowest BCUT2D eigenvalue weighted by atomic mass is 9.91. The Bertz CT molecular complexity index is 1160. The average Bonchev–Trinajstić information content (AvgIpc) is 3.49. The van der Waals surface area contributed by atoms with Gasteiger partial charge in [0.15, 0.2) is 5.58 Å². The molecule has 1 saturated heterocycles. The number of likely N-dealkylation sites (tertiary alicyclic amines) is 1. The van der Waals surface area contributed by atoms with Gasteiger partial charge in [-0.3, -0.25) is 4.90 Å². The Balaban J connectivity index is 0.000000967. The number of nitrogens with one attached hydrogen (secondary N) is 1. The second-order valence-electron chi connectivity index (χ2n) is 10.3. The van der Waals surface area contributed by atoms with Crippen LogP contribution in [0.2, 0.25) is 0 Å². The number of aryl methyl sites for hydroxylation is 2. The normalized spacial score (nSPS) is 16.5. The highest BCUT2D eigenvalue weighted by Crippen LogP contribution is 2.34. The van der Waals surface area contributed by atoms with Gasteiger partial charge in [-0.05, 0) is 116 Å². The molecule has 7 heteroatoms. The Morgan fingerprint density at radius 3 is 2.53 bits per heavy atom. The zero-order valence-corrected chi connectivity index (χ0v) is 22.3. The summed E-state index contributed by atoms with van der Waals surface area (Å²) >= 11 is 0. The number of hydrogen-bond donors (Lipinski definition) is 1. The van der Waals surface area contributed by atoms with Crippen molar-refractivity contribution in [3.63, 3.8) is 0 Å². The van der Waals surface area contributed by atoms with Gasteiger partial charge >= 0.3 is 0 Å². The number of piperidine rings is 1. The lowest BCUT2D eigenvalue weighted by Crippen LogP contribution is -2.34. The molecular formula is C29H41N5O2. The Morgan fingerprint density at radius 1 is 1.11 bits per heavy atom. The SMILES string of the molecule is CCn1c(C#N)ccc1CN1CCC(CCc2noc3c(C)c(OCC4CC4)ccc23)CC1.CNC. The maximum Gasteiger partial charge on any atom is 0.173 e. The van der Waals surface area contributed by atoms with Crippen molar-refractivity contribution >= 4 is 11.0 Å². The molecular weight excluding hydrogens is 450 g/mol. The Hall–Kier alpha value is -2.82. The van der Waals surface area contributed by atoms with Gasteiger partial charge in [0, 0.05) is 29.7 Å². The van der Waals surface area contributed by atoms with E-state index in [1.54, 1.807) is 0 Å². The first kappa shape index (κ1) is 26.2. The number of nitrogens with zero attached hydrogens (tertiary/aromatic N) is 4. The van der Waals surface area contributed by atoms with Gasteiger partial charge < -0.3 is 19.1 Å². The molecule has 2 fully saturated rings. The number of ether oxygens (including phenoxy) is 1. The van der Waals surface area contributed by atoms with Crippen LogP contribution in [0.5, 0.6) is 5.75 Å². The van der Waals surface area contributed by atoms with Crippen LogP contribution >= 0.6 is 0 Å². The minimum Gasteiger partial charge on any atom is -0.493 e. The second-order valence-corrected chi connectivity index (χ2v) is 10.3. The molecule has 0 bridgehead atoms. The molecule has 0 spiro atoms. The van der Waals surface area contributed by atoms with E-state index in [9.17, 15) is 5.26 Å². The van der Waals surface area contributed by atoms with E-state index >= 15 is 0 Å². The Labute approximate surface area is 215 Å². The summed E-state index contributed by atoms with van der Waals surface area (Å²) in [5, 5.41) is 17.6. The fourth-order valence-corrected chi connectivity index (χ4v) is 5.12. The van der Waals surface area contributed by atoms with E-state index in [-0.39, 0.29) is 0 Å². The van der Waals surface area contributed by atoms with E-state index in [1.807, 2.05) is 20.2 Å².